The number of rotatable bonds is 8. The van der Waals surface area contributed by atoms with Crippen LogP contribution in [0.25, 0.3) is 0 Å². The number of Topliss-reactive ketones (excluding diaryl/α,β-unsaturated/α-hetero) is 1. The van der Waals surface area contributed by atoms with Gasteiger partial charge in [-0.15, -0.1) is 0 Å². The van der Waals surface area contributed by atoms with E-state index in [-0.39, 0.29) is 17.9 Å². The standard InChI is InChI=1S/C17H26N2O2/c1-4-5-6-7-8-13(2)18-17(21)19-16-11-9-15(10-12-16)14(3)20/h9-13H,4-8H2,1-3H3,(H2,18,19,21). The van der Waals surface area contributed by atoms with Crippen LogP contribution < -0.4 is 10.6 Å². The van der Waals surface area contributed by atoms with E-state index in [1.165, 1.54) is 26.2 Å². The third-order valence-corrected chi connectivity index (χ3v) is 3.42. The van der Waals surface area contributed by atoms with E-state index in [2.05, 4.69) is 17.6 Å². The van der Waals surface area contributed by atoms with Gasteiger partial charge in [-0.05, 0) is 44.5 Å². The van der Waals surface area contributed by atoms with Crippen molar-refractivity contribution in [1.29, 1.82) is 0 Å². The largest absolute Gasteiger partial charge is 0.335 e. The predicted molar refractivity (Wildman–Crippen MR) is 86.8 cm³/mol. The molecule has 1 unspecified atom stereocenters. The lowest BCUT2D eigenvalue weighted by Gasteiger charge is -2.14. The maximum Gasteiger partial charge on any atom is 0.319 e. The fraction of sp³-hybridized carbons (Fsp3) is 0.529. The number of hydrogen-bond donors (Lipinski definition) is 2. The molecule has 1 rings (SSSR count). The van der Waals surface area contributed by atoms with Gasteiger partial charge in [-0.1, -0.05) is 32.6 Å². The van der Waals surface area contributed by atoms with Crippen molar-refractivity contribution in [3.63, 3.8) is 0 Å². The molecule has 116 valence electrons. The number of urea groups is 1. The lowest BCUT2D eigenvalue weighted by Crippen LogP contribution is -2.36. The lowest BCUT2D eigenvalue weighted by molar-refractivity contribution is 0.101. The number of unbranched alkanes of at least 4 members (excludes halogenated alkanes) is 3. The summed E-state index contributed by atoms with van der Waals surface area (Å²) in [4.78, 5) is 23.0. The summed E-state index contributed by atoms with van der Waals surface area (Å²) in [5.41, 5.74) is 1.33. The van der Waals surface area contributed by atoms with Crippen molar-refractivity contribution in [3.05, 3.63) is 29.8 Å². The smallest absolute Gasteiger partial charge is 0.319 e. The molecule has 0 bridgehead atoms. The highest BCUT2D eigenvalue weighted by atomic mass is 16.2. The van der Waals surface area contributed by atoms with E-state index in [9.17, 15) is 9.59 Å². The quantitative estimate of drug-likeness (QED) is 0.551. The van der Waals surface area contributed by atoms with E-state index in [4.69, 9.17) is 0 Å². The van der Waals surface area contributed by atoms with Gasteiger partial charge in [0.1, 0.15) is 0 Å². The fourth-order valence-electron chi connectivity index (χ4n) is 2.13. The molecule has 2 N–H and O–H groups in total. The number of nitrogens with one attached hydrogen (secondary N) is 2. The molecule has 1 aromatic carbocycles. The Kier molecular flexibility index (Phi) is 7.51. The zero-order valence-corrected chi connectivity index (χ0v) is 13.2. The maximum atomic E-state index is 11.8. The molecule has 4 nitrogen and oxygen atoms in total. The second kappa shape index (κ2) is 9.16. The Balaban J connectivity index is 2.34. The zero-order valence-electron chi connectivity index (χ0n) is 13.2. The van der Waals surface area contributed by atoms with Crippen molar-refractivity contribution < 1.29 is 9.59 Å². The highest BCUT2D eigenvalue weighted by molar-refractivity contribution is 5.95. The molecule has 0 radical (unpaired) electrons. The summed E-state index contributed by atoms with van der Waals surface area (Å²) in [7, 11) is 0. The molecule has 0 aliphatic rings. The highest BCUT2D eigenvalue weighted by Gasteiger charge is 2.07. The van der Waals surface area contributed by atoms with Crippen LogP contribution in [0.3, 0.4) is 0 Å². The third-order valence-electron chi connectivity index (χ3n) is 3.42. The predicted octanol–water partition coefficient (Wildman–Crippen LogP) is 4.37. The van der Waals surface area contributed by atoms with Crippen molar-refractivity contribution in [3.8, 4) is 0 Å². The SMILES string of the molecule is CCCCCCC(C)NC(=O)Nc1ccc(C(C)=O)cc1. The molecule has 0 heterocycles. The van der Waals surface area contributed by atoms with Crippen LogP contribution in [0.15, 0.2) is 24.3 Å². The summed E-state index contributed by atoms with van der Waals surface area (Å²) >= 11 is 0. The summed E-state index contributed by atoms with van der Waals surface area (Å²) in [6.45, 7) is 5.73. The molecule has 0 fully saturated rings. The van der Waals surface area contributed by atoms with E-state index in [0.717, 1.165) is 12.8 Å². The number of benzene rings is 1. The third kappa shape index (κ3) is 6.93. The van der Waals surface area contributed by atoms with Gasteiger partial charge < -0.3 is 10.6 Å². The van der Waals surface area contributed by atoms with Crippen LogP contribution in [-0.2, 0) is 0 Å². The van der Waals surface area contributed by atoms with Crippen molar-refractivity contribution >= 4 is 17.5 Å². The topological polar surface area (TPSA) is 58.2 Å². The fourth-order valence-corrected chi connectivity index (χ4v) is 2.13. The van der Waals surface area contributed by atoms with E-state index in [1.807, 2.05) is 6.92 Å². The molecule has 4 heteroatoms. The first kappa shape index (κ1) is 17.2. The minimum atomic E-state index is -0.200. The first-order valence-corrected chi connectivity index (χ1v) is 7.71. The van der Waals surface area contributed by atoms with Gasteiger partial charge in [0.15, 0.2) is 5.78 Å². The van der Waals surface area contributed by atoms with Crippen LogP contribution in [0, 0.1) is 0 Å². The number of hydrogen-bond acceptors (Lipinski definition) is 2. The number of carbonyl (C=O) groups is 2. The number of anilines is 1. The number of carbonyl (C=O) groups excluding carboxylic acids is 2. The summed E-state index contributed by atoms with van der Waals surface area (Å²) in [6, 6.07) is 6.87. The molecule has 0 spiro atoms. The minimum absolute atomic E-state index is 0.0201. The van der Waals surface area contributed by atoms with E-state index in [1.54, 1.807) is 24.3 Å². The van der Waals surface area contributed by atoms with Crippen molar-refractivity contribution in [1.82, 2.24) is 5.32 Å². The molecule has 0 aromatic heterocycles. The van der Waals surface area contributed by atoms with Crippen LogP contribution in [0.4, 0.5) is 10.5 Å². The Morgan fingerprint density at radius 1 is 1.10 bits per heavy atom. The first-order valence-electron chi connectivity index (χ1n) is 7.71. The first-order chi connectivity index (χ1) is 10.0. The summed E-state index contributed by atoms with van der Waals surface area (Å²) in [5.74, 6) is 0.0201. The normalized spacial score (nSPS) is 11.8. The highest BCUT2D eigenvalue weighted by Crippen LogP contribution is 2.10. The van der Waals surface area contributed by atoms with Crippen molar-refractivity contribution in [2.75, 3.05) is 5.32 Å². The van der Waals surface area contributed by atoms with Crippen LogP contribution in [0.2, 0.25) is 0 Å². The number of ketones is 1. The average molecular weight is 290 g/mol. The van der Waals surface area contributed by atoms with Gasteiger partial charge in [0, 0.05) is 17.3 Å². The molecule has 0 saturated heterocycles. The monoisotopic (exact) mass is 290 g/mol. The van der Waals surface area contributed by atoms with E-state index < -0.39 is 0 Å². The molecular weight excluding hydrogens is 264 g/mol. The molecule has 1 aromatic rings. The number of amides is 2. The molecule has 2 amide bonds. The Labute approximate surface area is 127 Å². The Bertz CT molecular complexity index is 454. The van der Waals surface area contributed by atoms with Crippen LogP contribution in [-0.4, -0.2) is 17.9 Å². The van der Waals surface area contributed by atoms with Crippen LogP contribution in [0.5, 0.6) is 0 Å². The molecule has 0 saturated carbocycles. The van der Waals surface area contributed by atoms with E-state index >= 15 is 0 Å². The maximum absolute atomic E-state index is 11.8. The van der Waals surface area contributed by atoms with Gasteiger partial charge in [-0.3, -0.25) is 4.79 Å². The van der Waals surface area contributed by atoms with E-state index in [0.29, 0.717) is 11.3 Å². The molecule has 0 aliphatic carbocycles. The van der Waals surface area contributed by atoms with Gasteiger partial charge in [0.05, 0.1) is 0 Å². The summed E-state index contributed by atoms with van der Waals surface area (Å²) in [5, 5.41) is 5.70. The van der Waals surface area contributed by atoms with Gasteiger partial charge in [-0.25, -0.2) is 4.79 Å². The van der Waals surface area contributed by atoms with Gasteiger partial charge >= 0.3 is 6.03 Å². The summed E-state index contributed by atoms with van der Waals surface area (Å²) in [6.07, 6.45) is 5.83. The minimum Gasteiger partial charge on any atom is -0.335 e. The Morgan fingerprint density at radius 3 is 2.33 bits per heavy atom. The summed E-state index contributed by atoms with van der Waals surface area (Å²) < 4.78 is 0. The second-order valence-electron chi connectivity index (χ2n) is 5.48. The Morgan fingerprint density at radius 2 is 1.76 bits per heavy atom. The Hall–Kier alpha value is -1.84. The van der Waals surface area contributed by atoms with Crippen LogP contribution >= 0.6 is 0 Å². The van der Waals surface area contributed by atoms with Gasteiger partial charge in [-0.2, -0.15) is 0 Å². The lowest BCUT2D eigenvalue weighted by atomic mass is 10.1. The molecular formula is C17H26N2O2. The van der Waals surface area contributed by atoms with Gasteiger partial charge in [0.2, 0.25) is 0 Å². The van der Waals surface area contributed by atoms with Crippen LogP contribution in [0.1, 0.15) is 63.2 Å². The average Bonchev–Trinajstić information content (AvgIpc) is 2.44. The zero-order chi connectivity index (χ0) is 15.7. The molecule has 1 atom stereocenters. The second-order valence-corrected chi connectivity index (χ2v) is 5.48. The molecule has 21 heavy (non-hydrogen) atoms. The molecule has 0 aliphatic heterocycles. The van der Waals surface area contributed by atoms with Crippen molar-refractivity contribution in [2.45, 2.75) is 58.9 Å². The van der Waals surface area contributed by atoms with Crippen molar-refractivity contribution in [2.24, 2.45) is 0 Å². The van der Waals surface area contributed by atoms with Gasteiger partial charge in [0.25, 0.3) is 0 Å².